The van der Waals surface area contributed by atoms with Gasteiger partial charge in [-0.15, -0.1) is 0 Å². The highest BCUT2D eigenvalue weighted by Gasteiger charge is 2.44. The van der Waals surface area contributed by atoms with Crippen LogP contribution < -0.4 is 15.6 Å². The molecule has 1 amide bonds. The Bertz CT molecular complexity index is 1210. The number of aliphatic imine (C=N–C) groups is 1. The average Bonchev–Trinajstić information content (AvgIpc) is 3.32. The molecule has 0 spiro atoms. The van der Waals surface area contributed by atoms with Gasteiger partial charge >= 0.3 is 0 Å². The molecular formula is C27H27Cl2N3O4. The third-order valence-electron chi connectivity index (χ3n) is 5.69. The van der Waals surface area contributed by atoms with Crippen LogP contribution in [0.25, 0.3) is 0 Å². The number of halogens is 2. The summed E-state index contributed by atoms with van der Waals surface area (Å²) in [6, 6.07) is 22.2. The Morgan fingerprint density at radius 3 is 2.58 bits per heavy atom. The van der Waals surface area contributed by atoms with Gasteiger partial charge < -0.3 is 14.6 Å². The Balaban J connectivity index is 1.50. The third-order valence-corrected chi connectivity index (χ3v) is 6.28. The van der Waals surface area contributed by atoms with Crippen molar-refractivity contribution >= 4 is 35.0 Å². The molecule has 3 aromatic carbocycles. The Morgan fingerprint density at radius 1 is 1.08 bits per heavy atom. The normalized spacial score (nSPS) is 16.8. The van der Waals surface area contributed by atoms with E-state index < -0.39 is 5.54 Å². The van der Waals surface area contributed by atoms with Crippen molar-refractivity contribution in [3.05, 3.63) is 99.5 Å². The Kier molecular flexibility index (Phi) is 8.83. The first-order valence-electron chi connectivity index (χ1n) is 11.6. The Morgan fingerprint density at radius 2 is 1.86 bits per heavy atom. The summed E-state index contributed by atoms with van der Waals surface area (Å²) in [4.78, 5) is 18.2. The number of rotatable bonds is 11. The number of carbonyl (C=O) groups is 1. The summed E-state index contributed by atoms with van der Waals surface area (Å²) in [6.07, 6.45) is 0.932. The molecule has 1 aliphatic heterocycles. The number of hydrogen-bond donors (Lipinski definition) is 3. The standard InChI is InChI=1S/C27H27Cl2N3O4/c28-22-10-7-21(24(29)15-22)17-30-32-26(34)27(16-19-5-2-1-3-6-19)18-36-25(31-27)20-8-11-23(12-9-20)35-14-4-13-33/h1-3,5-12,15,30,33H,4,13-14,16-18H2,(H,32,34)/t27-/m0/s1. The van der Waals surface area contributed by atoms with Crippen LogP contribution in [0.15, 0.2) is 77.8 Å². The average molecular weight is 528 g/mol. The van der Waals surface area contributed by atoms with E-state index >= 15 is 0 Å². The maximum absolute atomic E-state index is 13.4. The van der Waals surface area contributed by atoms with Gasteiger partial charge in [0.25, 0.3) is 5.91 Å². The number of hydrazine groups is 1. The van der Waals surface area contributed by atoms with Crippen molar-refractivity contribution in [3.8, 4) is 5.75 Å². The van der Waals surface area contributed by atoms with E-state index in [0.717, 1.165) is 16.7 Å². The fraction of sp³-hybridized carbons (Fsp3) is 0.259. The van der Waals surface area contributed by atoms with Crippen molar-refractivity contribution in [1.29, 1.82) is 0 Å². The minimum Gasteiger partial charge on any atom is -0.494 e. The predicted octanol–water partition coefficient (Wildman–Crippen LogP) is 4.33. The van der Waals surface area contributed by atoms with Crippen molar-refractivity contribution in [1.82, 2.24) is 10.9 Å². The summed E-state index contributed by atoms with van der Waals surface area (Å²) in [7, 11) is 0. The third kappa shape index (κ3) is 6.56. The first-order chi connectivity index (χ1) is 17.5. The fourth-order valence-corrected chi connectivity index (χ4v) is 4.24. The van der Waals surface area contributed by atoms with Crippen LogP contribution >= 0.6 is 23.2 Å². The van der Waals surface area contributed by atoms with Gasteiger partial charge in [-0.25, -0.2) is 10.4 Å². The molecule has 4 rings (SSSR count). The van der Waals surface area contributed by atoms with E-state index in [0.29, 0.717) is 47.7 Å². The van der Waals surface area contributed by atoms with Crippen LogP contribution in [0.5, 0.6) is 5.75 Å². The second kappa shape index (κ2) is 12.2. The lowest BCUT2D eigenvalue weighted by Crippen LogP contribution is -2.52. The van der Waals surface area contributed by atoms with Gasteiger partial charge in [-0.2, -0.15) is 0 Å². The van der Waals surface area contributed by atoms with Crippen LogP contribution in [0.4, 0.5) is 0 Å². The lowest BCUT2D eigenvalue weighted by molar-refractivity contribution is -0.127. The number of amides is 1. The van der Waals surface area contributed by atoms with Crippen LogP contribution in [0.2, 0.25) is 10.0 Å². The quantitative estimate of drug-likeness (QED) is 0.255. The molecule has 0 saturated carbocycles. The zero-order valence-electron chi connectivity index (χ0n) is 19.5. The van der Waals surface area contributed by atoms with E-state index in [1.807, 2.05) is 54.6 Å². The number of benzene rings is 3. The number of ether oxygens (including phenoxy) is 2. The lowest BCUT2D eigenvalue weighted by atomic mass is 9.91. The summed E-state index contributed by atoms with van der Waals surface area (Å²) in [5, 5.41) is 9.96. The number of hydrogen-bond acceptors (Lipinski definition) is 6. The number of aliphatic hydroxyl groups excluding tert-OH is 1. The monoisotopic (exact) mass is 527 g/mol. The largest absolute Gasteiger partial charge is 0.494 e. The fourth-order valence-electron chi connectivity index (χ4n) is 3.76. The number of aliphatic hydroxyl groups is 1. The van der Waals surface area contributed by atoms with Crippen LogP contribution in [0.3, 0.4) is 0 Å². The molecule has 0 saturated heterocycles. The van der Waals surface area contributed by atoms with E-state index in [-0.39, 0.29) is 19.1 Å². The summed E-state index contributed by atoms with van der Waals surface area (Å²) in [6.45, 7) is 0.928. The molecule has 3 aromatic rings. The molecule has 3 N–H and O–H groups in total. The zero-order chi connectivity index (χ0) is 25.4. The van der Waals surface area contributed by atoms with Crippen molar-refractivity contribution in [2.24, 2.45) is 4.99 Å². The maximum atomic E-state index is 13.4. The molecular weight excluding hydrogens is 501 g/mol. The van der Waals surface area contributed by atoms with E-state index in [2.05, 4.69) is 10.9 Å². The smallest absolute Gasteiger partial charge is 0.266 e. The van der Waals surface area contributed by atoms with Gasteiger partial charge in [0.15, 0.2) is 5.54 Å². The van der Waals surface area contributed by atoms with Gasteiger partial charge in [0.2, 0.25) is 5.90 Å². The van der Waals surface area contributed by atoms with Gasteiger partial charge in [0.05, 0.1) is 6.61 Å². The van der Waals surface area contributed by atoms with Crippen LogP contribution in [-0.2, 0) is 22.5 Å². The van der Waals surface area contributed by atoms with Crippen LogP contribution in [0.1, 0.15) is 23.1 Å². The predicted molar refractivity (Wildman–Crippen MR) is 140 cm³/mol. The highest BCUT2D eigenvalue weighted by atomic mass is 35.5. The topological polar surface area (TPSA) is 92.2 Å². The molecule has 1 heterocycles. The molecule has 0 aliphatic carbocycles. The van der Waals surface area contributed by atoms with Crippen molar-refractivity contribution in [3.63, 3.8) is 0 Å². The maximum Gasteiger partial charge on any atom is 0.266 e. The molecule has 0 radical (unpaired) electrons. The zero-order valence-corrected chi connectivity index (χ0v) is 21.1. The van der Waals surface area contributed by atoms with Crippen molar-refractivity contribution in [2.45, 2.75) is 24.9 Å². The Hall–Kier alpha value is -3.10. The van der Waals surface area contributed by atoms with Gasteiger partial charge in [-0.3, -0.25) is 10.2 Å². The van der Waals surface area contributed by atoms with E-state index in [9.17, 15) is 4.79 Å². The summed E-state index contributed by atoms with van der Waals surface area (Å²) < 4.78 is 11.5. The van der Waals surface area contributed by atoms with Crippen molar-refractivity contribution in [2.75, 3.05) is 19.8 Å². The van der Waals surface area contributed by atoms with E-state index in [1.165, 1.54) is 0 Å². The molecule has 0 fully saturated rings. The summed E-state index contributed by atoms with van der Waals surface area (Å²) in [5.41, 5.74) is 7.09. The second-order valence-corrected chi connectivity index (χ2v) is 9.24. The van der Waals surface area contributed by atoms with Gasteiger partial charge in [-0.1, -0.05) is 59.6 Å². The number of carbonyl (C=O) groups excluding carboxylic acids is 1. The lowest BCUT2D eigenvalue weighted by Gasteiger charge is -2.23. The number of nitrogens with zero attached hydrogens (tertiary/aromatic N) is 1. The van der Waals surface area contributed by atoms with Gasteiger partial charge in [0.1, 0.15) is 12.4 Å². The minimum atomic E-state index is -1.15. The Labute approximate surface area is 220 Å². The minimum absolute atomic E-state index is 0.0793. The van der Waals surface area contributed by atoms with Crippen molar-refractivity contribution < 1.29 is 19.4 Å². The van der Waals surface area contributed by atoms with E-state index in [1.54, 1.807) is 18.2 Å². The molecule has 0 unspecified atom stereocenters. The highest BCUT2D eigenvalue weighted by Crippen LogP contribution is 2.28. The molecule has 7 nitrogen and oxygen atoms in total. The van der Waals surface area contributed by atoms with Crippen LogP contribution in [-0.4, -0.2) is 42.3 Å². The molecule has 9 heteroatoms. The number of nitrogens with one attached hydrogen (secondary N) is 2. The SMILES string of the molecule is O=C(NNCc1ccc(Cl)cc1Cl)[C@]1(Cc2ccccc2)COC(c2ccc(OCCCO)cc2)=N1. The first-order valence-corrected chi connectivity index (χ1v) is 12.3. The molecule has 1 aliphatic rings. The molecule has 0 aromatic heterocycles. The van der Waals surface area contributed by atoms with Crippen LogP contribution in [0, 0.1) is 0 Å². The second-order valence-electron chi connectivity index (χ2n) is 8.39. The first kappa shape index (κ1) is 26.0. The van der Waals surface area contributed by atoms with Gasteiger partial charge in [0, 0.05) is 41.6 Å². The molecule has 36 heavy (non-hydrogen) atoms. The molecule has 0 bridgehead atoms. The summed E-state index contributed by atoms with van der Waals surface area (Å²) >= 11 is 12.2. The summed E-state index contributed by atoms with van der Waals surface area (Å²) in [5.74, 6) is 0.767. The van der Waals surface area contributed by atoms with Gasteiger partial charge in [-0.05, 0) is 47.5 Å². The molecule has 1 atom stereocenters. The van der Waals surface area contributed by atoms with E-state index in [4.69, 9.17) is 42.8 Å². The highest BCUT2D eigenvalue weighted by molar-refractivity contribution is 6.35. The molecule has 188 valence electrons.